The fraction of sp³-hybridized carbons (Fsp3) is 0.615. The van der Waals surface area contributed by atoms with Crippen LogP contribution in [0.4, 0.5) is 4.79 Å². The molecule has 2 amide bonds. The summed E-state index contributed by atoms with van der Waals surface area (Å²) in [6.45, 7) is 3.92. The number of hydrogen-bond acceptors (Lipinski definition) is 5. The van der Waals surface area contributed by atoms with Crippen LogP contribution in [0.1, 0.15) is 6.42 Å². The van der Waals surface area contributed by atoms with Gasteiger partial charge >= 0.3 is 6.03 Å². The van der Waals surface area contributed by atoms with Crippen LogP contribution in [0.25, 0.3) is 0 Å². The third-order valence-electron chi connectivity index (χ3n) is 3.53. The second-order valence-corrected chi connectivity index (χ2v) is 4.92. The van der Waals surface area contributed by atoms with E-state index in [2.05, 4.69) is 10.2 Å². The van der Waals surface area contributed by atoms with Gasteiger partial charge in [-0.25, -0.2) is 4.79 Å². The second-order valence-electron chi connectivity index (χ2n) is 4.92. The van der Waals surface area contributed by atoms with Gasteiger partial charge < -0.3 is 19.3 Å². The number of carbonyl (C=O) groups excluding carboxylic acids is 1. The lowest BCUT2D eigenvalue weighted by Gasteiger charge is -2.30. The van der Waals surface area contributed by atoms with Gasteiger partial charge in [-0.15, -0.1) is 5.10 Å². The summed E-state index contributed by atoms with van der Waals surface area (Å²) in [7, 11) is 0. The van der Waals surface area contributed by atoms with Crippen molar-refractivity contribution in [3.8, 4) is 5.88 Å². The average Bonchev–Trinajstić information content (AvgIpc) is 2.97. The van der Waals surface area contributed by atoms with Gasteiger partial charge in [0.25, 0.3) is 0 Å². The number of aromatic nitrogens is 2. The molecule has 108 valence electrons. The lowest BCUT2D eigenvalue weighted by molar-refractivity contribution is 0.0443. The fourth-order valence-electron chi connectivity index (χ4n) is 2.47. The Morgan fingerprint density at radius 2 is 2.15 bits per heavy atom. The second kappa shape index (κ2) is 6.04. The lowest BCUT2D eigenvalue weighted by atomic mass is 10.3. The van der Waals surface area contributed by atoms with E-state index in [-0.39, 0.29) is 12.1 Å². The number of likely N-dealkylation sites (tertiary alicyclic amines) is 1. The Morgan fingerprint density at radius 3 is 2.90 bits per heavy atom. The molecule has 3 rings (SSSR count). The van der Waals surface area contributed by atoms with E-state index in [1.165, 1.54) is 0 Å². The molecule has 7 heteroatoms. The first-order chi connectivity index (χ1) is 9.83. The van der Waals surface area contributed by atoms with Gasteiger partial charge in [-0.1, -0.05) is 0 Å². The van der Waals surface area contributed by atoms with Crippen LogP contribution < -0.4 is 4.74 Å². The smallest absolute Gasteiger partial charge is 0.320 e. The Balaban J connectivity index is 1.52. The van der Waals surface area contributed by atoms with Gasteiger partial charge in [0.05, 0.1) is 19.8 Å². The van der Waals surface area contributed by atoms with Gasteiger partial charge in [-0.05, 0) is 6.07 Å². The molecule has 1 aromatic heterocycles. The number of amides is 2. The van der Waals surface area contributed by atoms with Gasteiger partial charge in [0.1, 0.15) is 6.10 Å². The summed E-state index contributed by atoms with van der Waals surface area (Å²) >= 11 is 0. The molecule has 2 aliphatic heterocycles. The predicted molar refractivity (Wildman–Crippen MR) is 70.4 cm³/mol. The van der Waals surface area contributed by atoms with Crippen molar-refractivity contribution in [1.29, 1.82) is 0 Å². The first-order valence-electron chi connectivity index (χ1n) is 6.89. The minimum Gasteiger partial charge on any atom is -0.471 e. The van der Waals surface area contributed by atoms with E-state index in [0.717, 1.165) is 13.0 Å². The molecule has 0 saturated carbocycles. The van der Waals surface area contributed by atoms with E-state index in [1.54, 1.807) is 18.3 Å². The molecule has 0 spiro atoms. The molecule has 7 nitrogen and oxygen atoms in total. The Bertz CT molecular complexity index is 450. The van der Waals surface area contributed by atoms with Crippen molar-refractivity contribution < 1.29 is 14.3 Å². The first-order valence-corrected chi connectivity index (χ1v) is 6.89. The first kappa shape index (κ1) is 13.1. The van der Waals surface area contributed by atoms with E-state index in [0.29, 0.717) is 38.7 Å². The van der Waals surface area contributed by atoms with E-state index in [4.69, 9.17) is 9.47 Å². The van der Waals surface area contributed by atoms with Crippen molar-refractivity contribution in [2.45, 2.75) is 12.5 Å². The topological polar surface area (TPSA) is 67.8 Å². The molecule has 3 heterocycles. The van der Waals surface area contributed by atoms with Crippen LogP contribution in [0.15, 0.2) is 18.3 Å². The largest absolute Gasteiger partial charge is 0.471 e. The van der Waals surface area contributed by atoms with Crippen molar-refractivity contribution in [2.75, 3.05) is 39.4 Å². The van der Waals surface area contributed by atoms with Gasteiger partial charge in [0.2, 0.25) is 5.88 Å². The Kier molecular flexibility index (Phi) is 3.96. The molecule has 0 unspecified atom stereocenters. The van der Waals surface area contributed by atoms with E-state index in [1.807, 2.05) is 9.80 Å². The maximum atomic E-state index is 12.3. The molecule has 2 saturated heterocycles. The molecular formula is C13H18N4O3. The van der Waals surface area contributed by atoms with Crippen LogP contribution in [0.5, 0.6) is 5.88 Å². The summed E-state index contributed by atoms with van der Waals surface area (Å²) in [5, 5.41) is 7.68. The number of hydrogen-bond donors (Lipinski definition) is 0. The molecule has 20 heavy (non-hydrogen) atoms. The van der Waals surface area contributed by atoms with Crippen molar-refractivity contribution >= 4 is 6.03 Å². The SMILES string of the molecule is O=C(N1CCOCC1)N1CC[C@H](Oc2cccnn2)C1. The normalized spacial score (nSPS) is 22.9. The van der Waals surface area contributed by atoms with Gasteiger partial charge in [0, 0.05) is 38.3 Å². The molecule has 1 atom stereocenters. The van der Waals surface area contributed by atoms with Crippen molar-refractivity contribution in [3.05, 3.63) is 18.3 Å². The summed E-state index contributed by atoms with van der Waals surface area (Å²) in [4.78, 5) is 16.0. The standard InChI is InChI=1S/C13H18N4O3/c18-13(16-6-8-19-9-7-16)17-5-3-11(10-17)20-12-2-1-4-14-15-12/h1-2,4,11H,3,5-10H2/t11-/m0/s1. The number of nitrogens with zero attached hydrogens (tertiary/aromatic N) is 4. The van der Waals surface area contributed by atoms with Crippen LogP contribution in [-0.4, -0.2) is 71.5 Å². The van der Waals surface area contributed by atoms with Crippen molar-refractivity contribution in [3.63, 3.8) is 0 Å². The van der Waals surface area contributed by atoms with E-state index >= 15 is 0 Å². The van der Waals surface area contributed by atoms with Gasteiger partial charge in [-0.2, -0.15) is 5.10 Å². The molecule has 1 aromatic rings. The highest BCUT2D eigenvalue weighted by Crippen LogP contribution is 2.17. The summed E-state index contributed by atoms with van der Waals surface area (Å²) in [6, 6.07) is 3.64. The average molecular weight is 278 g/mol. The Morgan fingerprint density at radius 1 is 1.30 bits per heavy atom. The molecule has 0 radical (unpaired) electrons. The van der Waals surface area contributed by atoms with Crippen molar-refractivity contribution in [2.24, 2.45) is 0 Å². The van der Waals surface area contributed by atoms with Crippen molar-refractivity contribution in [1.82, 2.24) is 20.0 Å². The lowest BCUT2D eigenvalue weighted by Crippen LogP contribution is -2.47. The number of ether oxygens (including phenoxy) is 2. The number of urea groups is 1. The minimum absolute atomic E-state index is 0.00306. The van der Waals surface area contributed by atoms with Crippen LogP contribution in [0.2, 0.25) is 0 Å². The Labute approximate surface area is 117 Å². The highest BCUT2D eigenvalue weighted by Gasteiger charge is 2.31. The fourth-order valence-corrected chi connectivity index (χ4v) is 2.47. The Hall–Kier alpha value is -1.89. The molecule has 2 aliphatic rings. The highest BCUT2D eigenvalue weighted by atomic mass is 16.5. The molecule has 0 aliphatic carbocycles. The maximum absolute atomic E-state index is 12.3. The molecular weight excluding hydrogens is 260 g/mol. The van der Waals surface area contributed by atoms with E-state index in [9.17, 15) is 4.79 Å². The third kappa shape index (κ3) is 2.98. The van der Waals surface area contributed by atoms with Gasteiger partial charge in [-0.3, -0.25) is 0 Å². The number of carbonyl (C=O) groups is 1. The molecule has 2 fully saturated rings. The summed E-state index contributed by atoms with van der Waals surface area (Å²) < 4.78 is 11.0. The quantitative estimate of drug-likeness (QED) is 0.782. The van der Waals surface area contributed by atoms with Crippen LogP contribution in [-0.2, 0) is 4.74 Å². The summed E-state index contributed by atoms with van der Waals surface area (Å²) in [5.41, 5.74) is 0. The summed E-state index contributed by atoms with van der Waals surface area (Å²) in [6.07, 6.45) is 2.43. The third-order valence-corrected chi connectivity index (χ3v) is 3.53. The highest BCUT2D eigenvalue weighted by molar-refractivity contribution is 5.74. The summed E-state index contributed by atoms with van der Waals surface area (Å²) in [5.74, 6) is 0.512. The molecule has 0 N–H and O–H groups in total. The predicted octanol–water partition coefficient (Wildman–Crippen LogP) is 0.382. The minimum atomic E-state index is -0.00306. The van der Waals surface area contributed by atoms with E-state index < -0.39 is 0 Å². The zero-order chi connectivity index (χ0) is 13.8. The van der Waals surface area contributed by atoms with Crippen LogP contribution in [0, 0.1) is 0 Å². The van der Waals surface area contributed by atoms with Gasteiger partial charge in [0.15, 0.2) is 0 Å². The molecule has 0 bridgehead atoms. The van der Waals surface area contributed by atoms with Crippen LogP contribution in [0.3, 0.4) is 0 Å². The number of rotatable bonds is 2. The van der Waals surface area contributed by atoms with Crippen LogP contribution >= 0.6 is 0 Å². The molecule has 0 aromatic carbocycles. The number of morpholine rings is 1. The zero-order valence-corrected chi connectivity index (χ0v) is 11.3. The maximum Gasteiger partial charge on any atom is 0.320 e. The monoisotopic (exact) mass is 278 g/mol. The zero-order valence-electron chi connectivity index (χ0n) is 11.3.